The highest BCUT2D eigenvalue weighted by Gasteiger charge is 2.52. The molecule has 1 atom stereocenters. The lowest BCUT2D eigenvalue weighted by molar-refractivity contribution is -0.115. The first-order chi connectivity index (χ1) is 11.0. The van der Waals surface area contributed by atoms with Gasteiger partial charge in [0.1, 0.15) is 0 Å². The summed E-state index contributed by atoms with van der Waals surface area (Å²) in [6.45, 7) is 1.97. The van der Waals surface area contributed by atoms with Crippen LogP contribution in [-0.4, -0.2) is 21.5 Å². The minimum Gasteiger partial charge on any atom is -0.302 e. The maximum atomic E-state index is 12.8. The van der Waals surface area contributed by atoms with Crippen LogP contribution in [-0.2, 0) is 10.2 Å². The van der Waals surface area contributed by atoms with Crippen molar-refractivity contribution in [1.82, 2.24) is 9.97 Å². The number of nitrogens with zero attached hydrogens (tertiary/aromatic N) is 2. The number of rotatable bonds is 6. The lowest BCUT2D eigenvalue weighted by Gasteiger charge is -2.17. The summed E-state index contributed by atoms with van der Waals surface area (Å²) in [7, 11) is 0. The lowest BCUT2D eigenvalue weighted by Crippen LogP contribution is -2.29. The third-order valence-electron chi connectivity index (χ3n) is 4.45. The highest BCUT2D eigenvalue weighted by molar-refractivity contribution is 6.42. The molecule has 3 rings (SSSR count). The zero-order chi connectivity index (χ0) is 16.4. The van der Waals surface area contributed by atoms with Crippen LogP contribution < -0.4 is 0 Å². The van der Waals surface area contributed by atoms with E-state index in [-0.39, 0.29) is 17.4 Å². The molecule has 4 nitrogen and oxygen atoms in total. The second-order valence-corrected chi connectivity index (χ2v) is 6.57. The molecular formula is C18H18ClN3O. The molecule has 1 aliphatic rings. The van der Waals surface area contributed by atoms with E-state index in [1.165, 1.54) is 0 Å². The molecule has 23 heavy (non-hydrogen) atoms. The standard InChI is InChI=1S/C18H18ClN3O/c1-12(16-11-21-8-9-22-16)10-15(20)17(23)18(6-7-18)13-2-4-14(19)5-3-13/h2-5,8-9,11-12,20H,6-7,10H2,1H3. The first kappa shape index (κ1) is 15.8. The quantitative estimate of drug-likeness (QED) is 0.817. The number of carbonyl (C=O) groups excluding carboxylic acids is 1. The van der Waals surface area contributed by atoms with Crippen molar-refractivity contribution in [2.75, 3.05) is 0 Å². The minimum absolute atomic E-state index is 0.00108. The van der Waals surface area contributed by atoms with E-state index in [0.717, 1.165) is 24.1 Å². The second kappa shape index (κ2) is 6.20. The van der Waals surface area contributed by atoms with Crippen LogP contribution in [0.3, 0.4) is 0 Å². The van der Waals surface area contributed by atoms with Gasteiger partial charge in [0.2, 0.25) is 0 Å². The third kappa shape index (κ3) is 3.17. The largest absolute Gasteiger partial charge is 0.302 e. The maximum absolute atomic E-state index is 12.8. The van der Waals surface area contributed by atoms with Crippen molar-refractivity contribution in [3.63, 3.8) is 0 Å². The SMILES string of the molecule is CC(CC(=N)C(=O)C1(c2ccc(Cl)cc2)CC1)c1cnccn1. The van der Waals surface area contributed by atoms with E-state index in [0.29, 0.717) is 11.4 Å². The first-order valence-corrected chi connectivity index (χ1v) is 8.05. The van der Waals surface area contributed by atoms with Crippen LogP contribution >= 0.6 is 11.6 Å². The molecule has 1 unspecified atom stereocenters. The Balaban J connectivity index is 1.72. The summed E-state index contributed by atoms with van der Waals surface area (Å²) in [5.41, 5.74) is 1.42. The van der Waals surface area contributed by atoms with Crippen molar-refractivity contribution < 1.29 is 4.79 Å². The summed E-state index contributed by atoms with van der Waals surface area (Å²) in [5.74, 6) is -0.0725. The van der Waals surface area contributed by atoms with Gasteiger partial charge in [0, 0.05) is 36.0 Å². The van der Waals surface area contributed by atoms with Gasteiger partial charge in [-0.2, -0.15) is 0 Å². The molecule has 118 valence electrons. The Bertz CT molecular complexity index is 724. The van der Waals surface area contributed by atoms with Gasteiger partial charge in [-0.3, -0.25) is 14.8 Å². The molecule has 0 radical (unpaired) electrons. The van der Waals surface area contributed by atoms with Crippen molar-refractivity contribution in [3.8, 4) is 0 Å². The zero-order valence-corrected chi connectivity index (χ0v) is 13.7. The first-order valence-electron chi connectivity index (χ1n) is 7.67. The molecule has 1 saturated carbocycles. The molecule has 0 saturated heterocycles. The van der Waals surface area contributed by atoms with Gasteiger partial charge in [0.05, 0.1) is 16.8 Å². The van der Waals surface area contributed by atoms with Crippen LogP contribution in [0.1, 0.15) is 43.4 Å². The van der Waals surface area contributed by atoms with Gasteiger partial charge in [-0.1, -0.05) is 30.7 Å². The summed E-state index contributed by atoms with van der Waals surface area (Å²) in [6, 6.07) is 7.39. The van der Waals surface area contributed by atoms with E-state index in [1.54, 1.807) is 30.7 Å². The molecule has 1 heterocycles. The Morgan fingerprint density at radius 2 is 2.00 bits per heavy atom. The molecular weight excluding hydrogens is 310 g/mol. The summed E-state index contributed by atoms with van der Waals surface area (Å²) in [5, 5.41) is 8.89. The Hall–Kier alpha value is -2.07. The number of nitrogens with one attached hydrogen (secondary N) is 1. The predicted molar refractivity (Wildman–Crippen MR) is 90.2 cm³/mol. The van der Waals surface area contributed by atoms with Gasteiger partial charge in [-0.15, -0.1) is 0 Å². The summed E-state index contributed by atoms with van der Waals surface area (Å²) >= 11 is 5.92. The summed E-state index contributed by atoms with van der Waals surface area (Å²) in [6.07, 6.45) is 6.92. The molecule has 1 aliphatic carbocycles. The molecule has 5 heteroatoms. The second-order valence-electron chi connectivity index (χ2n) is 6.13. The van der Waals surface area contributed by atoms with Crippen molar-refractivity contribution in [2.45, 2.75) is 37.5 Å². The third-order valence-corrected chi connectivity index (χ3v) is 4.71. The lowest BCUT2D eigenvalue weighted by atomic mass is 9.86. The van der Waals surface area contributed by atoms with Gasteiger partial charge in [-0.25, -0.2) is 0 Å². The molecule has 1 fully saturated rings. The van der Waals surface area contributed by atoms with Crippen LogP contribution in [0.15, 0.2) is 42.9 Å². The highest BCUT2D eigenvalue weighted by Crippen LogP contribution is 2.49. The zero-order valence-electron chi connectivity index (χ0n) is 12.9. The van der Waals surface area contributed by atoms with E-state index >= 15 is 0 Å². The number of hydrogen-bond donors (Lipinski definition) is 1. The van der Waals surface area contributed by atoms with Crippen LogP contribution in [0.4, 0.5) is 0 Å². The molecule has 1 aromatic carbocycles. The molecule has 0 bridgehead atoms. The average molecular weight is 328 g/mol. The average Bonchev–Trinajstić information content (AvgIpc) is 3.37. The van der Waals surface area contributed by atoms with Crippen LogP contribution in [0.2, 0.25) is 5.02 Å². The Kier molecular flexibility index (Phi) is 4.26. The van der Waals surface area contributed by atoms with Crippen molar-refractivity contribution >= 4 is 23.1 Å². The highest BCUT2D eigenvalue weighted by atomic mass is 35.5. The smallest absolute Gasteiger partial charge is 0.186 e. The Morgan fingerprint density at radius 3 is 2.57 bits per heavy atom. The van der Waals surface area contributed by atoms with Gasteiger partial charge in [0.25, 0.3) is 0 Å². The van der Waals surface area contributed by atoms with Crippen LogP contribution in [0.5, 0.6) is 0 Å². The minimum atomic E-state index is -0.510. The Labute approximate surface area is 140 Å². The predicted octanol–water partition coefficient (Wildman–Crippen LogP) is 3.94. The molecule has 1 aromatic heterocycles. The molecule has 0 amide bonds. The number of halogens is 1. The van der Waals surface area contributed by atoms with Crippen molar-refractivity contribution in [3.05, 3.63) is 59.1 Å². The molecule has 1 N–H and O–H groups in total. The van der Waals surface area contributed by atoms with E-state index in [1.807, 2.05) is 19.1 Å². The van der Waals surface area contributed by atoms with Crippen molar-refractivity contribution in [2.24, 2.45) is 0 Å². The fourth-order valence-electron chi connectivity index (χ4n) is 2.90. The topological polar surface area (TPSA) is 66.7 Å². The Morgan fingerprint density at radius 1 is 1.30 bits per heavy atom. The molecule has 0 aliphatic heterocycles. The van der Waals surface area contributed by atoms with E-state index < -0.39 is 5.41 Å². The normalized spacial score (nSPS) is 16.6. The molecule has 2 aromatic rings. The summed E-state index contributed by atoms with van der Waals surface area (Å²) < 4.78 is 0. The van der Waals surface area contributed by atoms with E-state index in [2.05, 4.69) is 9.97 Å². The number of ketones is 1. The number of benzene rings is 1. The van der Waals surface area contributed by atoms with Gasteiger partial charge in [0.15, 0.2) is 5.78 Å². The van der Waals surface area contributed by atoms with E-state index in [4.69, 9.17) is 17.0 Å². The van der Waals surface area contributed by atoms with Gasteiger partial charge < -0.3 is 5.41 Å². The van der Waals surface area contributed by atoms with Crippen molar-refractivity contribution in [1.29, 1.82) is 5.41 Å². The number of carbonyl (C=O) groups is 1. The summed E-state index contributed by atoms with van der Waals surface area (Å²) in [4.78, 5) is 21.1. The maximum Gasteiger partial charge on any atom is 0.186 e. The monoisotopic (exact) mass is 327 g/mol. The van der Waals surface area contributed by atoms with E-state index in [9.17, 15) is 4.79 Å². The fourth-order valence-corrected chi connectivity index (χ4v) is 3.02. The van der Waals surface area contributed by atoms with Gasteiger partial charge >= 0.3 is 0 Å². The van der Waals surface area contributed by atoms with Crippen LogP contribution in [0, 0.1) is 5.41 Å². The van der Waals surface area contributed by atoms with Crippen LogP contribution in [0.25, 0.3) is 0 Å². The number of Topliss-reactive ketones (excluding diaryl/α,β-unsaturated/α-hetero) is 1. The number of hydrogen-bond acceptors (Lipinski definition) is 4. The fraction of sp³-hybridized carbons (Fsp3) is 0.333. The van der Waals surface area contributed by atoms with Gasteiger partial charge in [-0.05, 0) is 30.5 Å². The number of aromatic nitrogens is 2. The molecule has 0 spiro atoms.